The SMILES string of the molecule is Cc1c(C[C@@H](C)N)oc2ccccc12. The van der Waals surface area contributed by atoms with Crippen LogP contribution in [0.2, 0.25) is 0 Å². The Bertz CT molecular complexity index is 443. The van der Waals surface area contributed by atoms with Crippen molar-refractivity contribution < 1.29 is 4.42 Å². The Balaban J connectivity index is 2.51. The number of nitrogens with two attached hydrogens (primary N) is 1. The summed E-state index contributed by atoms with van der Waals surface area (Å²) in [6, 6.07) is 8.24. The second-order valence-electron chi connectivity index (χ2n) is 3.83. The lowest BCUT2D eigenvalue weighted by atomic mass is 10.1. The Morgan fingerprint density at radius 2 is 2.07 bits per heavy atom. The third kappa shape index (κ3) is 1.53. The highest BCUT2D eigenvalue weighted by Gasteiger charge is 2.10. The van der Waals surface area contributed by atoms with Crippen LogP contribution >= 0.6 is 0 Å². The normalized spacial score (nSPS) is 13.4. The Hall–Kier alpha value is -1.28. The highest BCUT2D eigenvalue weighted by molar-refractivity contribution is 5.81. The fourth-order valence-corrected chi connectivity index (χ4v) is 1.71. The van der Waals surface area contributed by atoms with Crippen LogP contribution in [0.1, 0.15) is 18.2 Å². The lowest BCUT2D eigenvalue weighted by molar-refractivity contribution is 0.522. The van der Waals surface area contributed by atoms with Crippen LogP contribution in [0.4, 0.5) is 0 Å². The molecule has 0 amide bonds. The number of para-hydroxylation sites is 1. The highest BCUT2D eigenvalue weighted by Crippen LogP contribution is 2.25. The Morgan fingerprint density at radius 3 is 2.71 bits per heavy atom. The summed E-state index contributed by atoms with van der Waals surface area (Å²) >= 11 is 0. The zero-order chi connectivity index (χ0) is 10.1. The van der Waals surface area contributed by atoms with E-state index < -0.39 is 0 Å². The van der Waals surface area contributed by atoms with Crippen molar-refractivity contribution in [1.29, 1.82) is 0 Å². The number of hydrogen-bond acceptors (Lipinski definition) is 2. The molecule has 1 atom stereocenters. The van der Waals surface area contributed by atoms with E-state index in [0.29, 0.717) is 0 Å². The average molecular weight is 189 g/mol. The first kappa shape index (κ1) is 9.28. The van der Waals surface area contributed by atoms with Crippen LogP contribution in [0.5, 0.6) is 0 Å². The molecule has 0 unspecified atom stereocenters. The van der Waals surface area contributed by atoms with Gasteiger partial charge in [0.05, 0.1) is 0 Å². The molecular weight excluding hydrogens is 174 g/mol. The summed E-state index contributed by atoms with van der Waals surface area (Å²) in [4.78, 5) is 0. The summed E-state index contributed by atoms with van der Waals surface area (Å²) < 4.78 is 5.73. The van der Waals surface area contributed by atoms with Crippen molar-refractivity contribution in [2.45, 2.75) is 26.3 Å². The quantitative estimate of drug-likeness (QED) is 0.788. The molecule has 2 aromatic rings. The molecule has 0 aliphatic rings. The van der Waals surface area contributed by atoms with Gasteiger partial charge < -0.3 is 10.2 Å². The number of aryl methyl sites for hydroxylation is 1. The summed E-state index contributed by atoms with van der Waals surface area (Å²) in [7, 11) is 0. The summed E-state index contributed by atoms with van der Waals surface area (Å²) in [5.74, 6) is 1.02. The minimum atomic E-state index is 0.147. The Kier molecular flexibility index (Phi) is 2.30. The maximum absolute atomic E-state index is 5.76. The molecule has 2 nitrogen and oxygen atoms in total. The van der Waals surface area contributed by atoms with Crippen molar-refractivity contribution in [3.05, 3.63) is 35.6 Å². The zero-order valence-electron chi connectivity index (χ0n) is 8.58. The molecule has 74 valence electrons. The third-order valence-corrected chi connectivity index (χ3v) is 2.45. The molecule has 0 spiro atoms. The van der Waals surface area contributed by atoms with Gasteiger partial charge in [-0.3, -0.25) is 0 Å². The van der Waals surface area contributed by atoms with Gasteiger partial charge in [-0.2, -0.15) is 0 Å². The van der Waals surface area contributed by atoms with E-state index in [1.54, 1.807) is 0 Å². The van der Waals surface area contributed by atoms with E-state index >= 15 is 0 Å². The predicted octanol–water partition coefficient (Wildman–Crippen LogP) is 2.63. The first-order valence-electron chi connectivity index (χ1n) is 4.91. The molecule has 2 heteroatoms. The number of rotatable bonds is 2. The summed E-state index contributed by atoms with van der Waals surface area (Å²) in [5, 5.41) is 1.20. The second kappa shape index (κ2) is 3.46. The van der Waals surface area contributed by atoms with Gasteiger partial charge in [-0.25, -0.2) is 0 Å². The summed E-state index contributed by atoms with van der Waals surface area (Å²) in [5.41, 5.74) is 7.93. The Labute approximate surface area is 83.7 Å². The van der Waals surface area contributed by atoms with Gasteiger partial charge in [0.25, 0.3) is 0 Å². The molecule has 2 rings (SSSR count). The first-order valence-corrected chi connectivity index (χ1v) is 4.91. The van der Waals surface area contributed by atoms with Crippen LogP contribution in [0.15, 0.2) is 28.7 Å². The molecule has 14 heavy (non-hydrogen) atoms. The van der Waals surface area contributed by atoms with E-state index in [1.807, 2.05) is 25.1 Å². The van der Waals surface area contributed by atoms with Gasteiger partial charge in [0.15, 0.2) is 0 Å². The standard InChI is InChI=1S/C12H15NO/c1-8(13)7-12-9(2)10-5-3-4-6-11(10)14-12/h3-6,8H,7,13H2,1-2H3/t8-/m1/s1. The van der Waals surface area contributed by atoms with Gasteiger partial charge in [-0.1, -0.05) is 18.2 Å². The van der Waals surface area contributed by atoms with Crippen molar-refractivity contribution >= 4 is 11.0 Å². The lowest BCUT2D eigenvalue weighted by Gasteiger charge is -2.01. The van der Waals surface area contributed by atoms with E-state index in [4.69, 9.17) is 10.2 Å². The monoisotopic (exact) mass is 189 g/mol. The minimum absolute atomic E-state index is 0.147. The number of hydrogen-bond donors (Lipinski definition) is 1. The summed E-state index contributed by atoms with van der Waals surface area (Å²) in [6.07, 6.45) is 0.806. The van der Waals surface area contributed by atoms with Crippen molar-refractivity contribution in [3.8, 4) is 0 Å². The highest BCUT2D eigenvalue weighted by atomic mass is 16.3. The molecule has 1 heterocycles. The van der Waals surface area contributed by atoms with E-state index in [9.17, 15) is 0 Å². The van der Waals surface area contributed by atoms with Crippen LogP contribution in [-0.2, 0) is 6.42 Å². The van der Waals surface area contributed by atoms with Gasteiger partial charge in [0.1, 0.15) is 11.3 Å². The van der Waals surface area contributed by atoms with Crippen LogP contribution < -0.4 is 5.73 Å². The maximum atomic E-state index is 5.76. The van der Waals surface area contributed by atoms with Crippen molar-refractivity contribution in [2.75, 3.05) is 0 Å². The predicted molar refractivity (Wildman–Crippen MR) is 58.3 cm³/mol. The topological polar surface area (TPSA) is 39.2 Å². The lowest BCUT2D eigenvalue weighted by Crippen LogP contribution is -2.17. The van der Waals surface area contributed by atoms with Gasteiger partial charge in [-0.15, -0.1) is 0 Å². The van der Waals surface area contributed by atoms with Crippen LogP contribution in [-0.4, -0.2) is 6.04 Å². The number of benzene rings is 1. The van der Waals surface area contributed by atoms with Crippen LogP contribution in [0.25, 0.3) is 11.0 Å². The molecule has 2 N–H and O–H groups in total. The smallest absolute Gasteiger partial charge is 0.134 e. The largest absolute Gasteiger partial charge is 0.461 e. The first-order chi connectivity index (χ1) is 6.68. The van der Waals surface area contributed by atoms with Gasteiger partial charge >= 0.3 is 0 Å². The van der Waals surface area contributed by atoms with Gasteiger partial charge in [0.2, 0.25) is 0 Å². The summed E-state index contributed by atoms with van der Waals surface area (Å²) in [6.45, 7) is 4.08. The average Bonchev–Trinajstić information content (AvgIpc) is 2.44. The molecule has 0 saturated heterocycles. The van der Waals surface area contributed by atoms with E-state index in [0.717, 1.165) is 17.8 Å². The molecular formula is C12H15NO. The second-order valence-corrected chi connectivity index (χ2v) is 3.83. The molecule has 0 fully saturated rings. The van der Waals surface area contributed by atoms with Crippen LogP contribution in [0.3, 0.4) is 0 Å². The number of fused-ring (bicyclic) bond motifs is 1. The van der Waals surface area contributed by atoms with E-state index in [-0.39, 0.29) is 6.04 Å². The van der Waals surface area contributed by atoms with E-state index in [1.165, 1.54) is 10.9 Å². The molecule has 0 aliphatic heterocycles. The van der Waals surface area contributed by atoms with Gasteiger partial charge in [0, 0.05) is 17.8 Å². The zero-order valence-corrected chi connectivity index (χ0v) is 8.58. The van der Waals surface area contributed by atoms with Crippen molar-refractivity contribution in [2.24, 2.45) is 5.73 Å². The van der Waals surface area contributed by atoms with Crippen molar-refractivity contribution in [3.63, 3.8) is 0 Å². The third-order valence-electron chi connectivity index (χ3n) is 2.45. The van der Waals surface area contributed by atoms with Crippen LogP contribution in [0, 0.1) is 6.92 Å². The fraction of sp³-hybridized carbons (Fsp3) is 0.333. The fourth-order valence-electron chi connectivity index (χ4n) is 1.71. The minimum Gasteiger partial charge on any atom is -0.461 e. The number of furan rings is 1. The molecule has 0 saturated carbocycles. The van der Waals surface area contributed by atoms with Gasteiger partial charge in [-0.05, 0) is 25.5 Å². The molecule has 1 aromatic heterocycles. The maximum Gasteiger partial charge on any atom is 0.134 e. The van der Waals surface area contributed by atoms with E-state index in [2.05, 4.69) is 13.0 Å². The molecule has 0 aliphatic carbocycles. The van der Waals surface area contributed by atoms with Crippen molar-refractivity contribution in [1.82, 2.24) is 0 Å². The Morgan fingerprint density at radius 1 is 1.36 bits per heavy atom. The molecule has 1 aromatic carbocycles. The molecule has 0 bridgehead atoms. The molecule has 0 radical (unpaired) electrons.